The van der Waals surface area contributed by atoms with Gasteiger partial charge in [0.15, 0.2) is 0 Å². The molecular formula is C17H27. The molecule has 0 nitrogen and oxygen atoms in total. The lowest BCUT2D eigenvalue weighted by molar-refractivity contribution is -0.0552. The summed E-state index contributed by atoms with van der Waals surface area (Å²) >= 11 is 0. The van der Waals surface area contributed by atoms with Crippen LogP contribution in [0.3, 0.4) is 0 Å². The molecule has 5 aliphatic rings. The quantitative estimate of drug-likeness (QED) is 0.596. The van der Waals surface area contributed by atoms with Crippen LogP contribution < -0.4 is 0 Å². The van der Waals surface area contributed by atoms with E-state index < -0.39 is 0 Å². The zero-order valence-corrected chi connectivity index (χ0v) is 11.4. The highest BCUT2D eigenvalue weighted by Gasteiger charge is 2.55. The number of hydrogen-bond donors (Lipinski definition) is 0. The first-order valence-corrected chi connectivity index (χ1v) is 8.11. The summed E-state index contributed by atoms with van der Waals surface area (Å²) in [4.78, 5) is 0. The van der Waals surface area contributed by atoms with Crippen molar-refractivity contribution >= 4 is 0 Å². The molecule has 95 valence electrons. The summed E-state index contributed by atoms with van der Waals surface area (Å²) in [6, 6.07) is 0. The summed E-state index contributed by atoms with van der Waals surface area (Å²) in [6.45, 7) is 2.53. The van der Waals surface area contributed by atoms with Crippen LogP contribution in [0.15, 0.2) is 0 Å². The SMILES string of the molecule is CC1CCCC[C]1C12CC3CC(CC(C3)C1)C2. The van der Waals surface area contributed by atoms with Crippen LogP contribution in [-0.2, 0) is 0 Å². The third-order valence-electron chi connectivity index (χ3n) is 6.65. The topological polar surface area (TPSA) is 0 Å². The molecule has 0 aromatic rings. The predicted octanol–water partition coefficient (Wildman–Crippen LogP) is 4.99. The second-order valence-electron chi connectivity index (χ2n) is 7.87. The van der Waals surface area contributed by atoms with E-state index in [1.807, 2.05) is 5.92 Å². The van der Waals surface area contributed by atoms with E-state index in [1.165, 1.54) is 25.7 Å². The summed E-state index contributed by atoms with van der Waals surface area (Å²) in [7, 11) is 0. The first-order valence-electron chi connectivity index (χ1n) is 8.11. The minimum atomic E-state index is 0.759. The van der Waals surface area contributed by atoms with Crippen molar-refractivity contribution in [1.82, 2.24) is 0 Å². The Bertz CT molecular complexity index is 268. The molecule has 0 heteroatoms. The molecule has 0 heterocycles. The van der Waals surface area contributed by atoms with Crippen LogP contribution in [0, 0.1) is 35.0 Å². The summed E-state index contributed by atoms with van der Waals surface area (Å²) in [5, 5.41) is 0. The predicted molar refractivity (Wildman–Crippen MR) is 71.5 cm³/mol. The van der Waals surface area contributed by atoms with E-state index in [9.17, 15) is 0 Å². The molecule has 1 unspecified atom stereocenters. The fourth-order valence-electron chi connectivity index (χ4n) is 6.48. The Morgan fingerprint density at radius 3 is 2.00 bits per heavy atom. The molecule has 17 heavy (non-hydrogen) atoms. The van der Waals surface area contributed by atoms with Crippen molar-refractivity contribution in [3.8, 4) is 0 Å². The molecule has 1 atom stereocenters. The van der Waals surface area contributed by atoms with Gasteiger partial charge in [0.05, 0.1) is 0 Å². The van der Waals surface area contributed by atoms with E-state index in [0.717, 1.165) is 29.1 Å². The Hall–Kier alpha value is 0. The van der Waals surface area contributed by atoms with Crippen molar-refractivity contribution in [2.45, 2.75) is 71.1 Å². The standard InChI is InChI=1S/C17H27/c1-12-4-2-3-5-16(12)17-9-13-6-14(10-17)8-15(7-13)11-17/h12-15H,2-11H2,1H3. The normalized spacial score (nSPS) is 54.2. The molecule has 0 amide bonds. The van der Waals surface area contributed by atoms with E-state index in [1.54, 1.807) is 38.5 Å². The van der Waals surface area contributed by atoms with E-state index in [4.69, 9.17) is 0 Å². The molecule has 0 aromatic carbocycles. The summed E-state index contributed by atoms with van der Waals surface area (Å²) in [5.74, 6) is 6.39. The van der Waals surface area contributed by atoms with Gasteiger partial charge in [-0.3, -0.25) is 0 Å². The van der Waals surface area contributed by atoms with Crippen molar-refractivity contribution in [2.75, 3.05) is 0 Å². The molecule has 4 bridgehead atoms. The average Bonchev–Trinajstić information content (AvgIpc) is 2.27. The monoisotopic (exact) mass is 231 g/mol. The second kappa shape index (κ2) is 3.75. The maximum Gasteiger partial charge on any atom is -0.0151 e. The highest BCUT2D eigenvalue weighted by Crippen LogP contribution is 2.65. The Labute approximate surface area is 107 Å². The minimum absolute atomic E-state index is 0.759. The maximum atomic E-state index is 2.53. The number of hydrogen-bond acceptors (Lipinski definition) is 0. The van der Waals surface area contributed by atoms with Crippen LogP contribution in [0.4, 0.5) is 0 Å². The highest BCUT2D eigenvalue weighted by atomic mass is 14.6. The Morgan fingerprint density at radius 2 is 1.47 bits per heavy atom. The molecule has 1 radical (unpaired) electrons. The molecular weight excluding hydrogens is 204 g/mol. The Balaban J connectivity index is 1.63. The first kappa shape index (κ1) is 10.9. The third-order valence-corrected chi connectivity index (χ3v) is 6.65. The molecule has 5 aliphatic carbocycles. The molecule has 0 saturated heterocycles. The van der Waals surface area contributed by atoms with Crippen molar-refractivity contribution < 1.29 is 0 Å². The van der Waals surface area contributed by atoms with Gasteiger partial charge in [-0.2, -0.15) is 0 Å². The third kappa shape index (κ3) is 1.62. The van der Waals surface area contributed by atoms with Gasteiger partial charge in [0.1, 0.15) is 0 Å². The van der Waals surface area contributed by atoms with E-state index in [0.29, 0.717) is 0 Å². The fourth-order valence-corrected chi connectivity index (χ4v) is 6.48. The van der Waals surface area contributed by atoms with E-state index in [2.05, 4.69) is 6.92 Å². The number of rotatable bonds is 1. The molecule has 5 saturated carbocycles. The zero-order chi connectivity index (χ0) is 11.5. The summed E-state index contributed by atoms with van der Waals surface area (Å²) in [5.41, 5.74) is 0.759. The van der Waals surface area contributed by atoms with Crippen molar-refractivity contribution in [3.05, 3.63) is 5.92 Å². The molecule has 5 fully saturated rings. The molecule has 0 aromatic heterocycles. The average molecular weight is 231 g/mol. The second-order valence-corrected chi connectivity index (χ2v) is 7.87. The van der Waals surface area contributed by atoms with Crippen LogP contribution in [-0.4, -0.2) is 0 Å². The van der Waals surface area contributed by atoms with Gasteiger partial charge in [0, 0.05) is 0 Å². The van der Waals surface area contributed by atoms with Gasteiger partial charge >= 0.3 is 0 Å². The van der Waals surface area contributed by atoms with Crippen LogP contribution in [0.1, 0.15) is 71.1 Å². The lowest BCUT2D eigenvalue weighted by Gasteiger charge is -2.61. The molecule has 0 spiro atoms. The largest absolute Gasteiger partial charge is 0.0619 e. The van der Waals surface area contributed by atoms with Crippen LogP contribution >= 0.6 is 0 Å². The van der Waals surface area contributed by atoms with Gasteiger partial charge in [-0.05, 0) is 80.0 Å². The Morgan fingerprint density at radius 1 is 0.882 bits per heavy atom. The van der Waals surface area contributed by atoms with Crippen molar-refractivity contribution in [1.29, 1.82) is 0 Å². The highest BCUT2D eigenvalue weighted by molar-refractivity contribution is 5.17. The molecule has 0 aliphatic heterocycles. The zero-order valence-electron chi connectivity index (χ0n) is 11.4. The van der Waals surface area contributed by atoms with Crippen molar-refractivity contribution in [2.24, 2.45) is 29.1 Å². The maximum absolute atomic E-state index is 2.53. The van der Waals surface area contributed by atoms with Gasteiger partial charge in [-0.25, -0.2) is 0 Å². The minimum Gasteiger partial charge on any atom is -0.0619 e. The van der Waals surface area contributed by atoms with Gasteiger partial charge in [0.2, 0.25) is 0 Å². The summed E-state index contributed by atoms with van der Waals surface area (Å²) in [6.07, 6.45) is 15.6. The van der Waals surface area contributed by atoms with Gasteiger partial charge in [-0.1, -0.05) is 26.2 Å². The van der Waals surface area contributed by atoms with Crippen LogP contribution in [0.2, 0.25) is 0 Å². The first-order chi connectivity index (χ1) is 8.25. The lowest BCUT2D eigenvalue weighted by Crippen LogP contribution is -2.50. The van der Waals surface area contributed by atoms with Gasteiger partial charge < -0.3 is 0 Å². The molecule has 5 rings (SSSR count). The van der Waals surface area contributed by atoms with E-state index >= 15 is 0 Å². The smallest absolute Gasteiger partial charge is 0.0151 e. The van der Waals surface area contributed by atoms with Crippen molar-refractivity contribution in [3.63, 3.8) is 0 Å². The Kier molecular flexibility index (Phi) is 2.40. The lowest BCUT2D eigenvalue weighted by atomic mass is 9.44. The van der Waals surface area contributed by atoms with Gasteiger partial charge in [-0.15, -0.1) is 0 Å². The van der Waals surface area contributed by atoms with Gasteiger partial charge in [0.25, 0.3) is 0 Å². The summed E-state index contributed by atoms with van der Waals surface area (Å²) < 4.78 is 0. The van der Waals surface area contributed by atoms with Crippen LogP contribution in [0.5, 0.6) is 0 Å². The fraction of sp³-hybridized carbons (Fsp3) is 0.941. The van der Waals surface area contributed by atoms with E-state index in [-0.39, 0.29) is 0 Å². The van der Waals surface area contributed by atoms with Crippen LogP contribution in [0.25, 0.3) is 0 Å². The molecule has 0 N–H and O–H groups in total.